The third-order valence-electron chi connectivity index (χ3n) is 5.24. The lowest BCUT2D eigenvalue weighted by atomic mass is 10.1. The van der Waals surface area contributed by atoms with Crippen molar-refractivity contribution in [1.82, 2.24) is 15.0 Å². The van der Waals surface area contributed by atoms with Crippen LogP contribution in [-0.4, -0.2) is 61.5 Å². The Morgan fingerprint density at radius 3 is 2.39 bits per heavy atom. The van der Waals surface area contributed by atoms with Crippen LogP contribution < -0.4 is 19.7 Å². The fourth-order valence-corrected chi connectivity index (χ4v) is 3.50. The Labute approximate surface area is 180 Å². The van der Waals surface area contributed by atoms with Crippen molar-refractivity contribution in [2.75, 3.05) is 50.6 Å². The van der Waals surface area contributed by atoms with Gasteiger partial charge < -0.3 is 29.1 Å². The molecule has 0 atom stereocenters. The fraction of sp³-hybridized carbons (Fsp3) is 0.318. The molecule has 0 unspecified atom stereocenters. The van der Waals surface area contributed by atoms with Gasteiger partial charge in [-0.15, -0.1) is 0 Å². The van der Waals surface area contributed by atoms with Crippen LogP contribution in [-0.2, 0) is 0 Å². The molecular formula is C22H25N5O4. The van der Waals surface area contributed by atoms with Gasteiger partial charge in [0.25, 0.3) is 0 Å². The number of carbonyl (C=O) groups excluding carboxylic acids is 1. The molecule has 2 heterocycles. The van der Waals surface area contributed by atoms with Gasteiger partial charge in [-0.3, -0.25) is 0 Å². The van der Waals surface area contributed by atoms with E-state index in [9.17, 15) is 4.79 Å². The predicted molar refractivity (Wildman–Crippen MR) is 117 cm³/mol. The van der Waals surface area contributed by atoms with Gasteiger partial charge in [-0.1, -0.05) is 5.16 Å². The van der Waals surface area contributed by atoms with Crippen LogP contribution in [0.4, 0.5) is 16.2 Å². The summed E-state index contributed by atoms with van der Waals surface area (Å²) in [6.45, 7) is 4.50. The zero-order chi connectivity index (χ0) is 21.8. The number of carbonyl (C=O) groups is 1. The quantitative estimate of drug-likeness (QED) is 0.672. The van der Waals surface area contributed by atoms with E-state index in [0.29, 0.717) is 42.0 Å². The first-order chi connectivity index (χ1) is 15.1. The summed E-state index contributed by atoms with van der Waals surface area (Å²) in [7, 11) is 3.15. The van der Waals surface area contributed by atoms with Crippen molar-refractivity contribution < 1.29 is 18.8 Å². The number of aryl methyl sites for hydroxylation is 1. The third kappa shape index (κ3) is 4.55. The predicted octanol–water partition coefficient (Wildman–Crippen LogP) is 3.42. The summed E-state index contributed by atoms with van der Waals surface area (Å²) < 4.78 is 15.6. The highest BCUT2D eigenvalue weighted by atomic mass is 16.5. The van der Waals surface area contributed by atoms with Gasteiger partial charge in [-0.25, -0.2) is 4.79 Å². The van der Waals surface area contributed by atoms with Gasteiger partial charge in [0.1, 0.15) is 11.5 Å². The average molecular weight is 423 g/mol. The highest BCUT2D eigenvalue weighted by molar-refractivity contribution is 5.91. The number of urea groups is 1. The second-order valence-electron chi connectivity index (χ2n) is 7.15. The van der Waals surface area contributed by atoms with E-state index < -0.39 is 0 Å². The minimum atomic E-state index is -0.147. The van der Waals surface area contributed by atoms with Crippen molar-refractivity contribution in [3.8, 4) is 22.9 Å². The molecule has 1 aliphatic heterocycles. The van der Waals surface area contributed by atoms with E-state index in [1.54, 1.807) is 44.2 Å². The van der Waals surface area contributed by atoms with Gasteiger partial charge >= 0.3 is 6.03 Å². The lowest BCUT2D eigenvalue weighted by Gasteiger charge is -2.36. The van der Waals surface area contributed by atoms with E-state index in [2.05, 4.69) is 20.4 Å². The number of rotatable bonds is 5. The van der Waals surface area contributed by atoms with Crippen LogP contribution in [0.25, 0.3) is 11.4 Å². The first kappa shape index (κ1) is 20.5. The maximum Gasteiger partial charge on any atom is 0.322 e. The first-order valence-corrected chi connectivity index (χ1v) is 10.0. The summed E-state index contributed by atoms with van der Waals surface area (Å²) in [5, 5.41) is 6.88. The molecule has 0 radical (unpaired) electrons. The molecule has 0 saturated carbocycles. The number of benzene rings is 2. The largest absolute Gasteiger partial charge is 0.497 e. The third-order valence-corrected chi connectivity index (χ3v) is 5.24. The zero-order valence-corrected chi connectivity index (χ0v) is 17.8. The highest BCUT2D eigenvalue weighted by Crippen LogP contribution is 2.29. The van der Waals surface area contributed by atoms with E-state index >= 15 is 0 Å². The maximum atomic E-state index is 12.7. The molecule has 162 valence electrons. The van der Waals surface area contributed by atoms with Gasteiger partial charge in [0.05, 0.1) is 19.9 Å². The van der Waals surface area contributed by atoms with Crippen LogP contribution in [0.15, 0.2) is 47.0 Å². The number of anilines is 2. The van der Waals surface area contributed by atoms with E-state index in [1.807, 2.05) is 24.3 Å². The normalized spacial score (nSPS) is 13.8. The molecule has 0 bridgehead atoms. The molecule has 9 heteroatoms. The van der Waals surface area contributed by atoms with Crippen LogP contribution in [0.1, 0.15) is 5.89 Å². The van der Waals surface area contributed by atoms with Gasteiger partial charge in [-0.05, 0) is 36.4 Å². The number of methoxy groups -OCH3 is 2. The van der Waals surface area contributed by atoms with E-state index in [-0.39, 0.29) is 6.03 Å². The Hall–Kier alpha value is -3.75. The lowest BCUT2D eigenvalue weighted by Crippen LogP contribution is -2.50. The summed E-state index contributed by atoms with van der Waals surface area (Å²) in [6, 6.07) is 13.2. The Bertz CT molecular complexity index is 1040. The minimum absolute atomic E-state index is 0.147. The molecule has 1 aliphatic rings. The number of nitrogens with one attached hydrogen (secondary N) is 1. The lowest BCUT2D eigenvalue weighted by molar-refractivity contribution is 0.208. The molecule has 9 nitrogen and oxygen atoms in total. The Morgan fingerprint density at radius 2 is 1.77 bits per heavy atom. The molecule has 31 heavy (non-hydrogen) atoms. The first-order valence-electron chi connectivity index (χ1n) is 10.0. The van der Waals surface area contributed by atoms with E-state index in [1.165, 1.54) is 0 Å². The molecule has 2 amide bonds. The zero-order valence-electron chi connectivity index (χ0n) is 17.8. The number of piperazine rings is 1. The fourth-order valence-electron chi connectivity index (χ4n) is 3.50. The Morgan fingerprint density at radius 1 is 1.03 bits per heavy atom. The van der Waals surface area contributed by atoms with Gasteiger partial charge in [0.2, 0.25) is 11.7 Å². The summed E-state index contributed by atoms with van der Waals surface area (Å²) in [5.41, 5.74) is 2.62. The van der Waals surface area contributed by atoms with Gasteiger partial charge in [0, 0.05) is 50.4 Å². The van der Waals surface area contributed by atoms with Crippen LogP contribution >= 0.6 is 0 Å². The Balaban J connectivity index is 1.34. The molecule has 3 aromatic rings. The van der Waals surface area contributed by atoms with E-state index in [4.69, 9.17) is 14.0 Å². The van der Waals surface area contributed by atoms with Crippen molar-refractivity contribution in [3.05, 3.63) is 48.4 Å². The maximum absolute atomic E-state index is 12.7. The molecule has 0 spiro atoms. The van der Waals surface area contributed by atoms with Crippen LogP contribution in [0.5, 0.6) is 11.5 Å². The number of amides is 2. The molecule has 1 fully saturated rings. The summed E-state index contributed by atoms with van der Waals surface area (Å²) in [6.07, 6.45) is 0. The second-order valence-corrected chi connectivity index (χ2v) is 7.15. The molecule has 1 N–H and O–H groups in total. The average Bonchev–Trinajstić information content (AvgIpc) is 3.25. The monoisotopic (exact) mass is 423 g/mol. The molecular weight excluding hydrogens is 398 g/mol. The van der Waals surface area contributed by atoms with Crippen molar-refractivity contribution >= 4 is 17.4 Å². The van der Waals surface area contributed by atoms with Gasteiger partial charge in [0.15, 0.2) is 0 Å². The smallest absolute Gasteiger partial charge is 0.322 e. The van der Waals surface area contributed by atoms with Crippen molar-refractivity contribution in [2.24, 2.45) is 0 Å². The minimum Gasteiger partial charge on any atom is -0.497 e. The van der Waals surface area contributed by atoms with Gasteiger partial charge in [-0.2, -0.15) is 4.98 Å². The molecule has 1 saturated heterocycles. The highest BCUT2D eigenvalue weighted by Gasteiger charge is 2.22. The number of ether oxygens (including phenoxy) is 2. The standard InChI is InChI=1S/C22H25N5O4/c1-15-23-21(25-31-15)16-4-6-17(7-5-16)26-10-12-27(13-11-26)22(28)24-19-9-8-18(29-2)14-20(19)30-3/h4-9,14H,10-13H2,1-3H3,(H,24,28). The number of hydrogen-bond donors (Lipinski definition) is 1. The van der Waals surface area contributed by atoms with Crippen LogP contribution in [0, 0.1) is 6.92 Å². The Kier molecular flexibility index (Phi) is 5.92. The van der Waals surface area contributed by atoms with Crippen molar-refractivity contribution in [2.45, 2.75) is 6.92 Å². The summed E-state index contributed by atoms with van der Waals surface area (Å²) in [4.78, 5) is 21.0. The van der Waals surface area contributed by atoms with E-state index in [0.717, 1.165) is 24.3 Å². The second kappa shape index (κ2) is 8.95. The topological polar surface area (TPSA) is 93.0 Å². The summed E-state index contributed by atoms with van der Waals surface area (Å²) >= 11 is 0. The molecule has 4 rings (SSSR count). The molecule has 2 aromatic carbocycles. The number of hydrogen-bond acceptors (Lipinski definition) is 7. The van der Waals surface area contributed by atoms with Crippen molar-refractivity contribution in [1.29, 1.82) is 0 Å². The van der Waals surface area contributed by atoms with Crippen LogP contribution in [0.2, 0.25) is 0 Å². The molecule has 0 aliphatic carbocycles. The molecule has 1 aromatic heterocycles. The van der Waals surface area contributed by atoms with Crippen LogP contribution in [0.3, 0.4) is 0 Å². The van der Waals surface area contributed by atoms with Crippen molar-refractivity contribution in [3.63, 3.8) is 0 Å². The number of aromatic nitrogens is 2. The summed E-state index contributed by atoms with van der Waals surface area (Å²) in [5.74, 6) is 2.35. The number of nitrogens with zero attached hydrogens (tertiary/aromatic N) is 4. The SMILES string of the molecule is COc1ccc(NC(=O)N2CCN(c3ccc(-c4noc(C)n4)cc3)CC2)c(OC)c1.